The molecule has 6 heteroatoms. The summed E-state index contributed by atoms with van der Waals surface area (Å²) in [6.45, 7) is 1.36. The number of benzene rings is 1. The van der Waals surface area contributed by atoms with Crippen LogP contribution < -0.4 is 10.1 Å². The van der Waals surface area contributed by atoms with Gasteiger partial charge in [0.15, 0.2) is 6.61 Å². The third-order valence-electron chi connectivity index (χ3n) is 2.73. The van der Waals surface area contributed by atoms with Gasteiger partial charge in [-0.2, -0.15) is 0 Å². The van der Waals surface area contributed by atoms with Crippen LogP contribution in [-0.2, 0) is 4.79 Å². The summed E-state index contributed by atoms with van der Waals surface area (Å²) in [5.41, 5.74) is 1.74. The van der Waals surface area contributed by atoms with Gasteiger partial charge in [-0.15, -0.1) is 0 Å². The first kappa shape index (κ1) is 14.5. The maximum Gasteiger partial charge on any atom is 0.341 e. The molecule has 2 aromatic rings. The number of carboxylic acid groups (broad SMARTS) is 1. The molecule has 0 radical (unpaired) electrons. The predicted octanol–water partition coefficient (Wildman–Crippen LogP) is 2.11. The maximum atomic E-state index is 12.1. The molecule has 1 aromatic heterocycles. The van der Waals surface area contributed by atoms with Crippen molar-refractivity contribution in [2.24, 2.45) is 0 Å². The Balaban J connectivity index is 2.02. The second kappa shape index (κ2) is 6.51. The second-order valence-corrected chi connectivity index (χ2v) is 4.30. The number of aryl methyl sites for hydroxylation is 1. The first-order valence-electron chi connectivity index (χ1n) is 6.24. The van der Waals surface area contributed by atoms with Gasteiger partial charge in [0.05, 0.1) is 5.56 Å². The molecule has 1 heterocycles. The largest absolute Gasteiger partial charge is 0.482 e. The van der Waals surface area contributed by atoms with Crippen LogP contribution in [0.2, 0.25) is 0 Å². The molecule has 1 amide bonds. The Morgan fingerprint density at radius 3 is 2.57 bits per heavy atom. The second-order valence-electron chi connectivity index (χ2n) is 4.30. The number of carboxylic acids is 1. The van der Waals surface area contributed by atoms with Crippen LogP contribution in [0.3, 0.4) is 0 Å². The number of carbonyl (C=O) groups is 2. The van der Waals surface area contributed by atoms with E-state index in [0.29, 0.717) is 22.7 Å². The summed E-state index contributed by atoms with van der Waals surface area (Å²) in [4.78, 5) is 26.5. The Labute approximate surface area is 121 Å². The average Bonchev–Trinajstić information content (AvgIpc) is 2.47. The normalized spacial score (nSPS) is 9.95. The van der Waals surface area contributed by atoms with E-state index in [1.807, 2.05) is 0 Å². The lowest BCUT2D eigenvalue weighted by molar-refractivity contribution is -0.139. The highest BCUT2D eigenvalue weighted by Gasteiger charge is 2.09. The highest BCUT2D eigenvalue weighted by atomic mass is 16.5. The SMILES string of the molecule is Cc1ncccc1C(=O)Nc1ccc(OCC(=O)O)cc1. The number of carbonyl (C=O) groups excluding carboxylic acids is 1. The number of nitrogens with zero attached hydrogens (tertiary/aromatic N) is 1. The third-order valence-corrected chi connectivity index (χ3v) is 2.73. The molecule has 21 heavy (non-hydrogen) atoms. The number of rotatable bonds is 5. The van der Waals surface area contributed by atoms with Gasteiger partial charge in [-0.3, -0.25) is 9.78 Å². The quantitative estimate of drug-likeness (QED) is 0.878. The van der Waals surface area contributed by atoms with Gasteiger partial charge in [-0.25, -0.2) is 4.79 Å². The van der Waals surface area contributed by atoms with E-state index in [9.17, 15) is 9.59 Å². The van der Waals surface area contributed by atoms with Gasteiger partial charge in [-0.1, -0.05) is 0 Å². The van der Waals surface area contributed by atoms with E-state index < -0.39 is 12.6 Å². The molecule has 0 unspecified atom stereocenters. The molecule has 0 atom stereocenters. The topological polar surface area (TPSA) is 88.5 Å². The predicted molar refractivity (Wildman–Crippen MR) is 76.5 cm³/mol. The van der Waals surface area contributed by atoms with E-state index in [2.05, 4.69) is 10.3 Å². The molecule has 0 aliphatic heterocycles. The van der Waals surface area contributed by atoms with Crippen molar-refractivity contribution in [2.45, 2.75) is 6.92 Å². The Kier molecular flexibility index (Phi) is 4.50. The summed E-state index contributed by atoms with van der Waals surface area (Å²) < 4.78 is 5.01. The van der Waals surface area contributed by atoms with Crippen molar-refractivity contribution in [3.8, 4) is 5.75 Å². The maximum absolute atomic E-state index is 12.1. The number of hydrogen-bond acceptors (Lipinski definition) is 4. The van der Waals surface area contributed by atoms with E-state index in [-0.39, 0.29) is 5.91 Å². The summed E-state index contributed by atoms with van der Waals surface area (Å²) in [5.74, 6) is -0.868. The monoisotopic (exact) mass is 286 g/mol. The minimum atomic E-state index is -1.04. The fourth-order valence-corrected chi connectivity index (χ4v) is 1.70. The van der Waals surface area contributed by atoms with E-state index in [0.717, 1.165) is 0 Å². The number of aromatic nitrogens is 1. The standard InChI is InChI=1S/C15H14N2O4/c1-10-13(3-2-8-16-10)15(20)17-11-4-6-12(7-5-11)21-9-14(18)19/h2-8H,9H2,1H3,(H,17,20)(H,18,19). The fraction of sp³-hybridized carbons (Fsp3) is 0.133. The molecular weight excluding hydrogens is 272 g/mol. The van der Waals surface area contributed by atoms with Crippen LogP contribution in [0.25, 0.3) is 0 Å². The molecule has 0 saturated heterocycles. The molecule has 6 nitrogen and oxygen atoms in total. The fourth-order valence-electron chi connectivity index (χ4n) is 1.70. The highest BCUT2D eigenvalue weighted by Crippen LogP contribution is 2.17. The summed E-state index contributed by atoms with van der Waals surface area (Å²) in [6.07, 6.45) is 1.63. The number of hydrogen-bond donors (Lipinski definition) is 2. The van der Waals surface area contributed by atoms with Crippen molar-refractivity contribution in [3.05, 3.63) is 53.9 Å². The Morgan fingerprint density at radius 2 is 1.95 bits per heavy atom. The molecule has 1 aromatic carbocycles. The molecule has 0 spiro atoms. The van der Waals surface area contributed by atoms with E-state index >= 15 is 0 Å². The van der Waals surface area contributed by atoms with Crippen molar-refractivity contribution in [2.75, 3.05) is 11.9 Å². The van der Waals surface area contributed by atoms with Gasteiger partial charge in [0, 0.05) is 17.6 Å². The zero-order valence-electron chi connectivity index (χ0n) is 11.4. The van der Waals surface area contributed by atoms with Gasteiger partial charge < -0.3 is 15.2 Å². The number of pyridine rings is 1. The molecule has 2 rings (SSSR count). The Bertz CT molecular complexity index is 653. The summed E-state index contributed by atoms with van der Waals surface area (Å²) in [5, 5.41) is 11.3. The summed E-state index contributed by atoms with van der Waals surface area (Å²) in [7, 11) is 0. The minimum Gasteiger partial charge on any atom is -0.482 e. The lowest BCUT2D eigenvalue weighted by Gasteiger charge is -2.08. The van der Waals surface area contributed by atoms with Crippen LogP contribution >= 0.6 is 0 Å². The van der Waals surface area contributed by atoms with E-state index in [4.69, 9.17) is 9.84 Å². The molecule has 108 valence electrons. The summed E-state index contributed by atoms with van der Waals surface area (Å²) >= 11 is 0. The van der Waals surface area contributed by atoms with E-state index in [1.165, 1.54) is 0 Å². The third kappa shape index (κ3) is 4.04. The lowest BCUT2D eigenvalue weighted by atomic mass is 10.2. The van der Waals surface area contributed by atoms with Gasteiger partial charge in [-0.05, 0) is 43.3 Å². The number of amides is 1. The molecular formula is C15H14N2O4. The summed E-state index contributed by atoms with van der Waals surface area (Å²) in [6, 6.07) is 9.86. The zero-order chi connectivity index (χ0) is 15.2. The number of anilines is 1. The van der Waals surface area contributed by atoms with Crippen molar-refractivity contribution in [1.82, 2.24) is 4.98 Å². The van der Waals surface area contributed by atoms with Crippen LogP contribution in [0.4, 0.5) is 5.69 Å². The van der Waals surface area contributed by atoms with Crippen LogP contribution in [0.5, 0.6) is 5.75 Å². The smallest absolute Gasteiger partial charge is 0.341 e. The number of ether oxygens (including phenoxy) is 1. The molecule has 0 aliphatic carbocycles. The van der Waals surface area contributed by atoms with Gasteiger partial charge in [0.1, 0.15) is 5.75 Å². The van der Waals surface area contributed by atoms with Crippen LogP contribution in [-0.4, -0.2) is 28.6 Å². The van der Waals surface area contributed by atoms with Crippen LogP contribution in [0.15, 0.2) is 42.6 Å². The van der Waals surface area contributed by atoms with Gasteiger partial charge >= 0.3 is 5.97 Å². The number of aliphatic carboxylic acids is 1. The van der Waals surface area contributed by atoms with E-state index in [1.54, 1.807) is 49.5 Å². The average molecular weight is 286 g/mol. The van der Waals surface area contributed by atoms with Crippen molar-refractivity contribution in [1.29, 1.82) is 0 Å². The van der Waals surface area contributed by atoms with Crippen molar-refractivity contribution >= 4 is 17.6 Å². The highest BCUT2D eigenvalue weighted by molar-refractivity contribution is 6.04. The minimum absolute atomic E-state index is 0.250. The molecule has 0 bridgehead atoms. The molecule has 0 aliphatic rings. The first-order chi connectivity index (χ1) is 10.1. The Hall–Kier alpha value is -2.89. The molecule has 0 saturated carbocycles. The Morgan fingerprint density at radius 1 is 1.24 bits per heavy atom. The van der Waals surface area contributed by atoms with Gasteiger partial charge in [0.2, 0.25) is 0 Å². The zero-order valence-corrected chi connectivity index (χ0v) is 11.4. The first-order valence-corrected chi connectivity index (χ1v) is 6.24. The lowest BCUT2D eigenvalue weighted by Crippen LogP contribution is -2.14. The van der Waals surface area contributed by atoms with Crippen molar-refractivity contribution < 1.29 is 19.4 Å². The number of nitrogens with one attached hydrogen (secondary N) is 1. The van der Waals surface area contributed by atoms with Crippen LogP contribution in [0, 0.1) is 6.92 Å². The van der Waals surface area contributed by atoms with Crippen LogP contribution in [0.1, 0.15) is 16.1 Å². The molecule has 0 fully saturated rings. The van der Waals surface area contributed by atoms with Crippen molar-refractivity contribution in [3.63, 3.8) is 0 Å². The molecule has 2 N–H and O–H groups in total. The van der Waals surface area contributed by atoms with Gasteiger partial charge in [0.25, 0.3) is 5.91 Å².